The first kappa shape index (κ1) is 15.7. The van der Waals surface area contributed by atoms with Crippen LogP contribution >= 0.6 is 11.6 Å². The number of nitrogens with two attached hydrogens (primary N) is 1. The van der Waals surface area contributed by atoms with Gasteiger partial charge < -0.3 is 5.32 Å². The van der Waals surface area contributed by atoms with Gasteiger partial charge in [-0.2, -0.15) is 0 Å². The van der Waals surface area contributed by atoms with Crippen molar-refractivity contribution in [3.63, 3.8) is 0 Å². The zero-order valence-electron chi connectivity index (χ0n) is 11.0. The van der Waals surface area contributed by atoms with Crippen molar-refractivity contribution >= 4 is 38.4 Å². The first-order valence-electron chi connectivity index (χ1n) is 6.21. The number of fused-ring (bicyclic) bond motifs is 1. The van der Waals surface area contributed by atoms with Gasteiger partial charge in [-0.25, -0.2) is 18.5 Å². The van der Waals surface area contributed by atoms with E-state index in [1.807, 2.05) is 0 Å². The zero-order valence-corrected chi connectivity index (χ0v) is 12.6. The van der Waals surface area contributed by atoms with E-state index in [1.54, 1.807) is 24.3 Å². The normalized spacial score (nSPS) is 11.5. The SMILES string of the molecule is NS(=O)(=O)CCCNC(=O)c1cc(Cl)nc2ccccc12. The van der Waals surface area contributed by atoms with E-state index in [4.69, 9.17) is 16.7 Å². The van der Waals surface area contributed by atoms with Crippen molar-refractivity contribution < 1.29 is 13.2 Å². The lowest BCUT2D eigenvalue weighted by molar-refractivity contribution is 0.0955. The summed E-state index contributed by atoms with van der Waals surface area (Å²) in [6, 6.07) is 8.63. The average Bonchev–Trinajstić information content (AvgIpc) is 2.41. The van der Waals surface area contributed by atoms with E-state index < -0.39 is 10.0 Å². The number of halogens is 1. The fourth-order valence-corrected chi connectivity index (χ4v) is 2.65. The summed E-state index contributed by atoms with van der Waals surface area (Å²) >= 11 is 5.90. The third kappa shape index (κ3) is 4.38. The van der Waals surface area contributed by atoms with Crippen LogP contribution in [0, 0.1) is 0 Å². The van der Waals surface area contributed by atoms with Crippen LogP contribution in [0.5, 0.6) is 0 Å². The molecule has 0 atom stereocenters. The van der Waals surface area contributed by atoms with Gasteiger partial charge >= 0.3 is 0 Å². The summed E-state index contributed by atoms with van der Waals surface area (Å²) in [6.45, 7) is 0.212. The topological polar surface area (TPSA) is 102 Å². The van der Waals surface area contributed by atoms with Crippen LogP contribution in [0.25, 0.3) is 10.9 Å². The Morgan fingerprint density at radius 2 is 2.05 bits per heavy atom. The van der Waals surface area contributed by atoms with Crippen LogP contribution in [0.3, 0.4) is 0 Å². The lowest BCUT2D eigenvalue weighted by Crippen LogP contribution is -2.27. The number of carbonyl (C=O) groups is 1. The van der Waals surface area contributed by atoms with Gasteiger partial charge in [-0.3, -0.25) is 4.79 Å². The van der Waals surface area contributed by atoms with E-state index in [0.717, 1.165) is 0 Å². The van der Waals surface area contributed by atoms with E-state index >= 15 is 0 Å². The van der Waals surface area contributed by atoms with Crippen LogP contribution in [-0.2, 0) is 10.0 Å². The molecule has 0 saturated heterocycles. The van der Waals surface area contributed by atoms with Crippen molar-refractivity contribution in [3.05, 3.63) is 41.0 Å². The Morgan fingerprint density at radius 1 is 1.33 bits per heavy atom. The molecule has 0 unspecified atom stereocenters. The third-order valence-corrected chi connectivity index (χ3v) is 3.87. The Kier molecular flexibility index (Phi) is 4.76. The summed E-state index contributed by atoms with van der Waals surface area (Å²) in [7, 11) is -3.51. The number of hydrogen-bond acceptors (Lipinski definition) is 4. The first-order chi connectivity index (χ1) is 9.87. The highest BCUT2D eigenvalue weighted by atomic mass is 35.5. The predicted molar refractivity (Wildman–Crippen MR) is 81.7 cm³/mol. The van der Waals surface area contributed by atoms with E-state index in [1.165, 1.54) is 6.07 Å². The molecule has 0 saturated carbocycles. The molecular weight excluding hydrogens is 314 g/mol. The summed E-state index contributed by atoms with van der Waals surface area (Å²) in [5.41, 5.74) is 1.03. The molecule has 1 aromatic heterocycles. The van der Waals surface area contributed by atoms with Gasteiger partial charge in [0, 0.05) is 11.9 Å². The van der Waals surface area contributed by atoms with Crippen LogP contribution in [0.4, 0.5) is 0 Å². The smallest absolute Gasteiger partial charge is 0.252 e. The Balaban J connectivity index is 2.12. The Morgan fingerprint density at radius 3 is 2.76 bits per heavy atom. The standard InChI is InChI=1S/C13H14ClN3O3S/c14-12-8-10(9-4-1-2-5-11(9)17-12)13(18)16-6-3-7-21(15,19)20/h1-2,4-5,8H,3,6-7H2,(H,16,18)(H2,15,19,20). The van der Waals surface area contributed by atoms with Gasteiger partial charge in [0.25, 0.3) is 5.91 Å². The van der Waals surface area contributed by atoms with Crippen molar-refractivity contribution in [2.75, 3.05) is 12.3 Å². The van der Waals surface area contributed by atoms with Gasteiger partial charge in [0.2, 0.25) is 10.0 Å². The number of hydrogen-bond donors (Lipinski definition) is 2. The second-order valence-electron chi connectivity index (χ2n) is 4.49. The molecule has 0 bridgehead atoms. The molecule has 2 aromatic rings. The monoisotopic (exact) mass is 327 g/mol. The van der Waals surface area contributed by atoms with Gasteiger partial charge in [-0.05, 0) is 18.6 Å². The number of para-hydroxylation sites is 1. The molecule has 112 valence electrons. The first-order valence-corrected chi connectivity index (χ1v) is 8.30. The second-order valence-corrected chi connectivity index (χ2v) is 6.61. The number of rotatable bonds is 5. The summed E-state index contributed by atoms with van der Waals surface area (Å²) in [5, 5.41) is 8.45. The quantitative estimate of drug-likeness (QED) is 0.638. The lowest BCUT2D eigenvalue weighted by atomic mass is 10.1. The predicted octanol–water partition coefficient (Wildman–Crippen LogP) is 1.30. The molecule has 8 heteroatoms. The van der Waals surface area contributed by atoms with Crippen LogP contribution in [0.15, 0.2) is 30.3 Å². The fourth-order valence-electron chi connectivity index (χ4n) is 1.90. The molecule has 0 aliphatic rings. The summed E-state index contributed by atoms with van der Waals surface area (Å²) in [6.07, 6.45) is 0.251. The number of aromatic nitrogens is 1. The second kappa shape index (κ2) is 6.38. The minimum absolute atomic E-state index is 0.175. The molecule has 2 rings (SSSR count). The number of benzene rings is 1. The summed E-state index contributed by atoms with van der Waals surface area (Å²) in [5.74, 6) is -0.504. The molecule has 0 fully saturated rings. The highest BCUT2D eigenvalue weighted by Gasteiger charge is 2.12. The number of carbonyl (C=O) groups excluding carboxylic acids is 1. The molecule has 1 amide bonds. The molecule has 21 heavy (non-hydrogen) atoms. The highest BCUT2D eigenvalue weighted by Crippen LogP contribution is 2.20. The zero-order chi connectivity index (χ0) is 15.5. The minimum atomic E-state index is -3.51. The molecule has 1 aromatic carbocycles. The number of nitrogens with zero attached hydrogens (tertiary/aromatic N) is 1. The van der Waals surface area contributed by atoms with Crippen molar-refractivity contribution in [1.82, 2.24) is 10.3 Å². The van der Waals surface area contributed by atoms with Crippen molar-refractivity contribution in [3.8, 4) is 0 Å². The van der Waals surface area contributed by atoms with Gasteiger partial charge in [0.15, 0.2) is 0 Å². The third-order valence-electron chi connectivity index (χ3n) is 2.82. The number of amides is 1. The van der Waals surface area contributed by atoms with Gasteiger partial charge in [-0.1, -0.05) is 29.8 Å². The molecule has 3 N–H and O–H groups in total. The largest absolute Gasteiger partial charge is 0.352 e. The van der Waals surface area contributed by atoms with Crippen LogP contribution in [0.1, 0.15) is 16.8 Å². The average molecular weight is 328 g/mol. The van der Waals surface area contributed by atoms with Crippen LogP contribution in [0.2, 0.25) is 5.15 Å². The molecule has 6 nitrogen and oxygen atoms in total. The van der Waals surface area contributed by atoms with Gasteiger partial charge in [-0.15, -0.1) is 0 Å². The van der Waals surface area contributed by atoms with E-state index in [2.05, 4.69) is 10.3 Å². The summed E-state index contributed by atoms with van der Waals surface area (Å²) in [4.78, 5) is 16.3. The Bertz CT molecular complexity index is 777. The van der Waals surface area contributed by atoms with Crippen molar-refractivity contribution in [1.29, 1.82) is 0 Å². The van der Waals surface area contributed by atoms with E-state index in [9.17, 15) is 13.2 Å². The van der Waals surface area contributed by atoms with E-state index in [0.29, 0.717) is 16.5 Å². The van der Waals surface area contributed by atoms with Gasteiger partial charge in [0.1, 0.15) is 5.15 Å². The van der Waals surface area contributed by atoms with Crippen molar-refractivity contribution in [2.45, 2.75) is 6.42 Å². The van der Waals surface area contributed by atoms with Gasteiger partial charge in [0.05, 0.1) is 16.8 Å². The highest BCUT2D eigenvalue weighted by molar-refractivity contribution is 7.89. The molecule has 0 aliphatic carbocycles. The number of nitrogens with one attached hydrogen (secondary N) is 1. The van der Waals surface area contributed by atoms with Crippen molar-refractivity contribution in [2.24, 2.45) is 5.14 Å². The van der Waals surface area contributed by atoms with Crippen LogP contribution in [-0.4, -0.2) is 31.6 Å². The van der Waals surface area contributed by atoms with Crippen LogP contribution < -0.4 is 10.5 Å². The molecule has 0 aliphatic heterocycles. The number of sulfonamides is 1. The Hall–Kier alpha value is -1.70. The number of pyridine rings is 1. The maximum Gasteiger partial charge on any atom is 0.252 e. The molecule has 0 spiro atoms. The Labute approximate surface area is 127 Å². The molecule has 1 heterocycles. The lowest BCUT2D eigenvalue weighted by Gasteiger charge is -2.08. The van der Waals surface area contributed by atoms with E-state index in [-0.39, 0.29) is 29.8 Å². The maximum atomic E-state index is 12.2. The minimum Gasteiger partial charge on any atom is -0.352 e. The fraction of sp³-hybridized carbons (Fsp3) is 0.231. The molecular formula is C13H14ClN3O3S. The summed E-state index contributed by atoms with van der Waals surface area (Å²) < 4.78 is 21.6. The maximum absolute atomic E-state index is 12.2. The number of primary sulfonamides is 1. The molecule has 0 radical (unpaired) electrons.